The number of likely N-dealkylation sites (tertiary alicyclic amines) is 1. The van der Waals surface area contributed by atoms with Gasteiger partial charge in [0, 0.05) is 13.1 Å². The summed E-state index contributed by atoms with van der Waals surface area (Å²) in [6, 6.07) is 5.32. The molecule has 17 heavy (non-hydrogen) atoms. The Labute approximate surface area is 111 Å². The molecule has 0 spiro atoms. The molecule has 1 aliphatic heterocycles. The van der Waals surface area contributed by atoms with Gasteiger partial charge in [0.25, 0.3) is 0 Å². The van der Waals surface area contributed by atoms with Crippen LogP contribution in [0.5, 0.6) is 0 Å². The van der Waals surface area contributed by atoms with Crippen LogP contribution in [0.4, 0.5) is 4.39 Å². The van der Waals surface area contributed by atoms with Crippen molar-refractivity contribution < 1.29 is 4.39 Å². The van der Waals surface area contributed by atoms with E-state index >= 15 is 0 Å². The lowest BCUT2D eigenvalue weighted by atomic mass is 9.95. The standard InChI is InChI=1S/C14H19BrFN/c1-2-11-4-3-7-17(9-11)10-12-5-6-14(16)13(15)8-12/h5-6,8,11H,2-4,7,9-10H2,1H3. The third-order valence-electron chi connectivity index (χ3n) is 3.57. The Balaban J connectivity index is 1.97. The molecule has 1 atom stereocenters. The van der Waals surface area contributed by atoms with E-state index in [-0.39, 0.29) is 5.82 Å². The summed E-state index contributed by atoms with van der Waals surface area (Å²) in [5.74, 6) is 0.659. The molecule has 1 aromatic carbocycles. The lowest BCUT2D eigenvalue weighted by molar-refractivity contribution is 0.164. The van der Waals surface area contributed by atoms with Gasteiger partial charge < -0.3 is 0 Å². The largest absolute Gasteiger partial charge is 0.299 e. The van der Waals surface area contributed by atoms with Crippen molar-refractivity contribution in [3.63, 3.8) is 0 Å². The quantitative estimate of drug-likeness (QED) is 0.808. The van der Waals surface area contributed by atoms with Gasteiger partial charge in [0.2, 0.25) is 0 Å². The zero-order valence-electron chi connectivity index (χ0n) is 10.3. The van der Waals surface area contributed by atoms with E-state index < -0.39 is 0 Å². The fraction of sp³-hybridized carbons (Fsp3) is 0.571. The average molecular weight is 300 g/mol. The van der Waals surface area contributed by atoms with Crippen LogP contribution in [-0.4, -0.2) is 18.0 Å². The van der Waals surface area contributed by atoms with E-state index in [9.17, 15) is 4.39 Å². The summed E-state index contributed by atoms with van der Waals surface area (Å²) in [7, 11) is 0. The van der Waals surface area contributed by atoms with E-state index in [4.69, 9.17) is 0 Å². The molecule has 0 saturated carbocycles. The zero-order valence-corrected chi connectivity index (χ0v) is 11.8. The van der Waals surface area contributed by atoms with Crippen molar-refractivity contribution in [1.29, 1.82) is 0 Å². The second-order valence-electron chi connectivity index (χ2n) is 4.90. The summed E-state index contributed by atoms with van der Waals surface area (Å²) in [5, 5.41) is 0. The molecule has 94 valence electrons. The highest BCUT2D eigenvalue weighted by Crippen LogP contribution is 2.22. The first-order valence-electron chi connectivity index (χ1n) is 6.35. The average Bonchev–Trinajstić information content (AvgIpc) is 2.34. The highest BCUT2D eigenvalue weighted by Gasteiger charge is 2.18. The number of benzene rings is 1. The Morgan fingerprint density at radius 2 is 2.29 bits per heavy atom. The molecule has 1 aliphatic rings. The van der Waals surface area contributed by atoms with Gasteiger partial charge in [-0.2, -0.15) is 0 Å². The molecule has 1 aromatic rings. The summed E-state index contributed by atoms with van der Waals surface area (Å²) < 4.78 is 13.7. The molecule has 0 amide bonds. The van der Waals surface area contributed by atoms with E-state index in [1.165, 1.54) is 37.9 Å². The van der Waals surface area contributed by atoms with Crippen LogP contribution in [0.1, 0.15) is 31.7 Å². The number of halogens is 2. The predicted molar refractivity (Wildman–Crippen MR) is 72.4 cm³/mol. The van der Waals surface area contributed by atoms with Crippen molar-refractivity contribution in [2.24, 2.45) is 5.92 Å². The third-order valence-corrected chi connectivity index (χ3v) is 4.18. The minimum absolute atomic E-state index is 0.182. The Hall–Kier alpha value is -0.410. The Morgan fingerprint density at radius 1 is 1.47 bits per heavy atom. The van der Waals surface area contributed by atoms with E-state index in [2.05, 4.69) is 27.8 Å². The van der Waals surface area contributed by atoms with Gasteiger partial charge in [-0.25, -0.2) is 4.39 Å². The summed E-state index contributed by atoms with van der Waals surface area (Å²) in [6.07, 6.45) is 3.92. The van der Waals surface area contributed by atoms with E-state index in [1.807, 2.05) is 12.1 Å². The third kappa shape index (κ3) is 3.52. The number of hydrogen-bond acceptors (Lipinski definition) is 1. The molecule has 1 saturated heterocycles. The highest BCUT2D eigenvalue weighted by atomic mass is 79.9. The second kappa shape index (κ2) is 5.96. The smallest absolute Gasteiger partial charge is 0.137 e. The molecule has 3 heteroatoms. The Morgan fingerprint density at radius 3 is 3.00 bits per heavy atom. The van der Waals surface area contributed by atoms with Gasteiger partial charge in [0.15, 0.2) is 0 Å². The lowest BCUT2D eigenvalue weighted by Crippen LogP contribution is -2.34. The monoisotopic (exact) mass is 299 g/mol. The van der Waals surface area contributed by atoms with Crippen LogP contribution in [0.15, 0.2) is 22.7 Å². The first-order valence-corrected chi connectivity index (χ1v) is 7.14. The van der Waals surface area contributed by atoms with Gasteiger partial charge in [-0.05, 0) is 58.9 Å². The molecule has 0 N–H and O–H groups in total. The fourth-order valence-electron chi connectivity index (χ4n) is 2.52. The first-order chi connectivity index (χ1) is 8.19. The number of hydrogen-bond donors (Lipinski definition) is 0. The van der Waals surface area contributed by atoms with Crippen molar-refractivity contribution in [3.05, 3.63) is 34.1 Å². The molecule has 0 aromatic heterocycles. The fourth-order valence-corrected chi connectivity index (χ4v) is 2.95. The van der Waals surface area contributed by atoms with Gasteiger partial charge in [0.05, 0.1) is 4.47 Å². The summed E-state index contributed by atoms with van der Waals surface area (Å²) >= 11 is 3.24. The Bertz CT molecular complexity index is 380. The summed E-state index contributed by atoms with van der Waals surface area (Å²) in [6.45, 7) is 5.56. The van der Waals surface area contributed by atoms with Crippen LogP contribution in [0.25, 0.3) is 0 Å². The molecule has 1 nitrogen and oxygen atoms in total. The maximum absolute atomic E-state index is 13.1. The topological polar surface area (TPSA) is 3.24 Å². The first kappa shape index (κ1) is 13.0. The second-order valence-corrected chi connectivity index (χ2v) is 5.75. The van der Waals surface area contributed by atoms with Gasteiger partial charge >= 0.3 is 0 Å². The van der Waals surface area contributed by atoms with Gasteiger partial charge in [-0.3, -0.25) is 4.90 Å². The molecular weight excluding hydrogens is 281 g/mol. The van der Waals surface area contributed by atoms with Crippen LogP contribution in [0.2, 0.25) is 0 Å². The Kier molecular flexibility index (Phi) is 4.57. The van der Waals surface area contributed by atoms with E-state index in [0.717, 1.165) is 12.5 Å². The van der Waals surface area contributed by atoms with Crippen LogP contribution >= 0.6 is 15.9 Å². The highest BCUT2D eigenvalue weighted by molar-refractivity contribution is 9.10. The maximum atomic E-state index is 13.1. The van der Waals surface area contributed by atoms with Crippen molar-refractivity contribution >= 4 is 15.9 Å². The number of rotatable bonds is 3. The molecule has 0 bridgehead atoms. The van der Waals surface area contributed by atoms with Crippen molar-refractivity contribution in [2.45, 2.75) is 32.7 Å². The minimum Gasteiger partial charge on any atom is -0.299 e. The number of nitrogens with zero attached hydrogens (tertiary/aromatic N) is 1. The van der Waals surface area contributed by atoms with Crippen molar-refractivity contribution in [2.75, 3.05) is 13.1 Å². The maximum Gasteiger partial charge on any atom is 0.137 e. The predicted octanol–water partition coefficient (Wildman–Crippen LogP) is 4.21. The summed E-state index contributed by atoms with van der Waals surface area (Å²) in [5.41, 5.74) is 1.19. The molecule has 1 heterocycles. The normalized spacial score (nSPS) is 21.7. The molecule has 1 fully saturated rings. The SMILES string of the molecule is CCC1CCCN(Cc2ccc(F)c(Br)c2)C1. The van der Waals surface area contributed by atoms with E-state index in [1.54, 1.807) is 6.07 Å². The molecule has 0 radical (unpaired) electrons. The van der Waals surface area contributed by atoms with Gasteiger partial charge in [-0.15, -0.1) is 0 Å². The van der Waals surface area contributed by atoms with Crippen LogP contribution in [-0.2, 0) is 6.54 Å². The van der Waals surface area contributed by atoms with Crippen LogP contribution in [0, 0.1) is 11.7 Å². The minimum atomic E-state index is -0.182. The van der Waals surface area contributed by atoms with Crippen molar-refractivity contribution in [3.8, 4) is 0 Å². The molecule has 1 unspecified atom stereocenters. The molecular formula is C14H19BrFN. The molecule has 0 aliphatic carbocycles. The number of piperidine rings is 1. The van der Waals surface area contributed by atoms with Gasteiger partial charge in [-0.1, -0.05) is 19.4 Å². The van der Waals surface area contributed by atoms with Gasteiger partial charge in [0.1, 0.15) is 5.82 Å². The molecule has 2 rings (SSSR count). The van der Waals surface area contributed by atoms with Crippen LogP contribution < -0.4 is 0 Å². The van der Waals surface area contributed by atoms with E-state index in [0.29, 0.717) is 4.47 Å². The zero-order chi connectivity index (χ0) is 12.3. The van der Waals surface area contributed by atoms with Crippen molar-refractivity contribution in [1.82, 2.24) is 4.90 Å². The van der Waals surface area contributed by atoms with Crippen LogP contribution in [0.3, 0.4) is 0 Å². The lowest BCUT2D eigenvalue weighted by Gasteiger charge is -2.32. The summed E-state index contributed by atoms with van der Waals surface area (Å²) in [4.78, 5) is 2.48.